The van der Waals surface area contributed by atoms with E-state index in [-0.39, 0.29) is 10.7 Å². The lowest BCUT2D eigenvalue weighted by Gasteiger charge is -2.11. The fourth-order valence-corrected chi connectivity index (χ4v) is 3.32. The molecule has 0 amide bonds. The fraction of sp³-hybridized carbons (Fsp3) is 0.714. The number of hydrogen-bond acceptors (Lipinski definition) is 3. The van der Waals surface area contributed by atoms with Crippen molar-refractivity contribution in [1.82, 2.24) is 0 Å². The third kappa shape index (κ3) is 9.47. The second kappa shape index (κ2) is 13.7. The molecule has 0 spiro atoms. The van der Waals surface area contributed by atoms with Crippen molar-refractivity contribution < 1.29 is 10.0 Å². The van der Waals surface area contributed by atoms with E-state index in [1.54, 1.807) is 18.2 Å². The molecule has 0 fully saturated rings. The van der Waals surface area contributed by atoms with E-state index in [1.807, 2.05) is 0 Å². The summed E-state index contributed by atoms with van der Waals surface area (Å²) in [5, 5.41) is 21.1. The van der Waals surface area contributed by atoms with Gasteiger partial charge in [0.15, 0.2) is 0 Å². The van der Waals surface area contributed by atoms with Gasteiger partial charge in [-0.1, -0.05) is 89.7 Å². The van der Waals surface area contributed by atoms with Crippen LogP contribution in [0.5, 0.6) is 5.75 Å². The number of nitrogens with zero attached hydrogens (tertiary/aromatic N) is 1. The van der Waals surface area contributed by atoms with Crippen LogP contribution in [-0.4, -0.2) is 10.0 Å². The molecule has 142 valence electrons. The second-order valence-electron chi connectivity index (χ2n) is 7.04. The Morgan fingerprint density at radius 3 is 1.84 bits per heavy atom. The van der Waals surface area contributed by atoms with Crippen molar-refractivity contribution in [3.63, 3.8) is 0 Å². The first-order chi connectivity index (χ1) is 12.2. The van der Waals surface area contributed by atoms with Crippen molar-refractivity contribution in [2.45, 2.75) is 96.4 Å². The van der Waals surface area contributed by atoms with E-state index < -0.39 is 6.04 Å². The second-order valence-corrected chi connectivity index (χ2v) is 7.04. The van der Waals surface area contributed by atoms with Crippen LogP contribution in [-0.2, 0) is 0 Å². The Balaban J connectivity index is 2.08. The predicted octanol–water partition coefficient (Wildman–Crippen LogP) is 6.80. The molecule has 0 aromatic heterocycles. The molecule has 1 N–H and O–H groups in total. The Morgan fingerprint density at radius 1 is 0.880 bits per heavy atom. The molecular formula is C21H35NO3. The standard InChI is InChI=1S/C21H35NO3/c1-2-3-4-5-6-7-8-9-10-11-12-13-17-20(22(24)25)19-16-14-15-18-21(19)23/h14-16,18,20,23H,2-13,17H2,1H3. The summed E-state index contributed by atoms with van der Waals surface area (Å²) >= 11 is 0. The van der Waals surface area contributed by atoms with Crippen LogP contribution in [0.4, 0.5) is 0 Å². The lowest BCUT2D eigenvalue weighted by atomic mass is 9.99. The van der Waals surface area contributed by atoms with E-state index in [0.717, 1.165) is 19.3 Å². The molecule has 1 atom stereocenters. The van der Waals surface area contributed by atoms with Gasteiger partial charge in [-0.3, -0.25) is 10.1 Å². The first-order valence-corrected chi connectivity index (χ1v) is 10.1. The minimum absolute atomic E-state index is 0.0307. The van der Waals surface area contributed by atoms with Gasteiger partial charge in [0.25, 0.3) is 0 Å². The van der Waals surface area contributed by atoms with E-state index in [1.165, 1.54) is 63.9 Å². The molecule has 4 nitrogen and oxygen atoms in total. The summed E-state index contributed by atoms with van der Waals surface area (Å²) in [6.45, 7) is 2.25. The van der Waals surface area contributed by atoms with Crippen LogP contribution >= 0.6 is 0 Å². The molecule has 0 saturated heterocycles. The molecule has 25 heavy (non-hydrogen) atoms. The van der Waals surface area contributed by atoms with Gasteiger partial charge in [0, 0.05) is 11.3 Å². The molecule has 0 aliphatic carbocycles. The van der Waals surface area contributed by atoms with Gasteiger partial charge in [0.1, 0.15) is 5.75 Å². The van der Waals surface area contributed by atoms with Gasteiger partial charge in [-0.25, -0.2) is 0 Å². The van der Waals surface area contributed by atoms with Gasteiger partial charge in [-0.05, 0) is 18.6 Å². The van der Waals surface area contributed by atoms with Gasteiger partial charge in [-0.2, -0.15) is 0 Å². The van der Waals surface area contributed by atoms with Gasteiger partial charge in [0.2, 0.25) is 6.04 Å². The molecule has 0 bridgehead atoms. The number of para-hydroxylation sites is 1. The average Bonchev–Trinajstić information content (AvgIpc) is 2.60. The number of nitro groups is 1. The normalized spacial score (nSPS) is 12.2. The van der Waals surface area contributed by atoms with Gasteiger partial charge >= 0.3 is 0 Å². The smallest absolute Gasteiger partial charge is 0.241 e. The lowest BCUT2D eigenvalue weighted by Crippen LogP contribution is -2.10. The number of benzene rings is 1. The van der Waals surface area contributed by atoms with Crippen molar-refractivity contribution in [2.75, 3.05) is 0 Å². The first-order valence-electron chi connectivity index (χ1n) is 10.1. The topological polar surface area (TPSA) is 63.4 Å². The quantitative estimate of drug-likeness (QED) is 0.215. The summed E-state index contributed by atoms with van der Waals surface area (Å²) in [5.41, 5.74) is 0.440. The number of rotatable bonds is 15. The van der Waals surface area contributed by atoms with Crippen LogP contribution in [0.2, 0.25) is 0 Å². The Kier molecular flexibility index (Phi) is 11.7. The summed E-state index contributed by atoms with van der Waals surface area (Å²) in [5.74, 6) is 0.0307. The Labute approximate surface area is 152 Å². The van der Waals surface area contributed by atoms with Gasteiger partial charge < -0.3 is 5.11 Å². The number of unbranched alkanes of at least 4 members (excludes halogenated alkanes) is 11. The SMILES string of the molecule is CCCCCCCCCCCCCCC(c1ccccc1O)[N+](=O)[O-]. The first kappa shape index (κ1) is 21.5. The molecule has 0 aliphatic heterocycles. The lowest BCUT2D eigenvalue weighted by molar-refractivity contribution is -0.530. The minimum atomic E-state index is -0.788. The largest absolute Gasteiger partial charge is 0.507 e. The fourth-order valence-electron chi connectivity index (χ4n) is 3.32. The van der Waals surface area contributed by atoms with Crippen molar-refractivity contribution in [2.24, 2.45) is 0 Å². The highest BCUT2D eigenvalue weighted by Crippen LogP contribution is 2.30. The Morgan fingerprint density at radius 2 is 1.36 bits per heavy atom. The summed E-state index contributed by atoms with van der Waals surface area (Å²) in [4.78, 5) is 11.0. The summed E-state index contributed by atoms with van der Waals surface area (Å²) in [6, 6.07) is 5.83. The number of hydrogen-bond donors (Lipinski definition) is 1. The Hall–Kier alpha value is -1.58. The molecule has 0 radical (unpaired) electrons. The molecule has 0 saturated carbocycles. The van der Waals surface area contributed by atoms with Crippen LogP contribution in [0.25, 0.3) is 0 Å². The third-order valence-corrected chi connectivity index (χ3v) is 4.88. The molecular weight excluding hydrogens is 314 g/mol. The van der Waals surface area contributed by atoms with E-state index in [9.17, 15) is 15.2 Å². The van der Waals surface area contributed by atoms with Gasteiger partial charge in [0.05, 0.1) is 5.56 Å². The maximum atomic E-state index is 11.3. The van der Waals surface area contributed by atoms with Crippen molar-refractivity contribution in [1.29, 1.82) is 0 Å². The molecule has 4 heteroatoms. The Bertz CT molecular complexity index is 476. The highest BCUT2D eigenvalue weighted by atomic mass is 16.6. The van der Waals surface area contributed by atoms with E-state index in [2.05, 4.69) is 6.92 Å². The molecule has 1 aromatic carbocycles. The zero-order chi connectivity index (χ0) is 18.3. The number of phenols is 1. The monoisotopic (exact) mass is 349 g/mol. The van der Waals surface area contributed by atoms with Crippen LogP contribution in [0, 0.1) is 10.1 Å². The van der Waals surface area contributed by atoms with Crippen molar-refractivity contribution >= 4 is 0 Å². The molecule has 0 heterocycles. The summed E-state index contributed by atoms with van der Waals surface area (Å²) < 4.78 is 0. The van der Waals surface area contributed by atoms with Crippen LogP contribution in [0.3, 0.4) is 0 Å². The highest BCUT2D eigenvalue weighted by molar-refractivity contribution is 5.33. The maximum absolute atomic E-state index is 11.3. The predicted molar refractivity (Wildman–Crippen MR) is 104 cm³/mol. The number of phenolic OH excluding ortho intramolecular Hbond substituents is 1. The summed E-state index contributed by atoms with van der Waals surface area (Å²) in [7, 11) is 0. The molecule has 1 aromatic rings. The van der Waals surface area contributed by atoms with Crippen molar-refractivity contribution in [3.8, 4) is 5.75 Å². The zero-order valence-corrected chi connectivity index (χ0v) is 15.8. The minimum Gasteiger partial charge on any atom is -0.507 e. The zero-order valence-electron chi connectivity index (χ0n) is 15.8. The van der Waals surface area contributed by atoms with E-state index in [0.29, 0.717) is 12.0 Å². The van der Waals surface area contributed by atoms with Crippen LogP contribution in [0.1, 0.15) is 102 Å². The molecule has 0 aliphatic rings. The highest BCUT2D eigenvalue weighted by Gasteiger charge is 2.24. The molecule has 1 unspecified atom stereocenters. The third-order valence-electron chi connectivity index (χ3n) is 4.88. The average molecular weight is 350 g/mol. The summed E-state index contributed by atoms with van der Waals surface area (Å²) in [6.07, 6.45) is 15.5. The maximum Gasteiger partial charge on any atom is 0.241 e. The molecule has 1 rings (SSSR count). The van der Waals surface area contributed by atoms with Crippen LogP contribution in [0.15, 0.2) is 24.3 Å². The van der Waals surface area contributed by atoms with E-state index in [4.69, 9.17) is 0 Å². The van der Waals surface area contributed by atoms with Gasteiger partial charge in [-0.15, -0.1) is 0 Å². The van der Waals surface area contributed by atoms with E-state index >= 15 is 0 Å². The number of aromatic hydroxyl groups is 1. The van der Waals surface area contributed by atoms with Crippen LogP contribution < -0.4 is 0 Å². The van der Waals surface area contributed by atoms with Crippen molar-refractivity contribution in [3.05, 3.63) is 39.9 Å².